The Bertz CT molecular complexity index is 1130. The van der Waals surface area contributed by atoms with Crippen LogP contribution in [0.1, 0.15) is 156 Å². The van der Waals surface area contributed by atoms with Gasteiger partial charge in [-0.05, 0) is 79.9 Å². The summed E-state index contributed by atoms with van der Waals surface area (Å²) in [5, 5.41) is 11.6. The number of benzene rings is 2. The van der Waals surface area contributed by atoms with Gasteiger partial charge >= 0.3 is 5.97 Å². The molecule has 2 aromatic carbocycles. The second kappa shape index (κ2) is 28.1. The van der Waals surface area contributed by atoms with Gasteiger partial charge in [0.15, 0.2) is 0 Å². The average molecular weight is 718 g/mol. The summed E-state index contributed by atoms with van der Waals surface area (Å²) in [5.74, 6) is -0.672. The number of nitrogens with zero attached hydrogens (tertiary/aromatic N) is 1. The fourth-order valence-corrected chi connectivity index (χ4v) is 11.8. The van der Waals surface area contributed by atoms with Crippen LogP contribution in [0.25, 0.3) is 0 Å². The molecule has 4 nitrogen and oxygen atoms in total. The minimum Gasteiger partial charge on any atom is -0.481 e. The van der Waals surface area contributed by atoms with Crippen molar-refractivity contribution in [1.82, 2.24) is 4.90 Å². The van der Waals surface area contributed by atoms with E-state index in [0.717, 1.165) is 51.9 Å². The summed E-state index contributed by atoms with van der Waals surface area (Å²) in [6.45, 7) is 13.4. The van der Waals surface area contributed by atoms with Crippen LogP contribution in [0, 0.1) is 0 Å². The van der Waals surface area contributed by atoms with Crippen LogP contribution in [0.4, 0.5) is 0 Å². The molecule has 0 amide bonds. The van der Waals surface area contributed by atoms with Crippen LogP contribution in [-0.4, -0.2) is 50.5 Å². The highest BCUT2D eigenvalue weighted by Crippen LogP contribution is 2.36. The molecule has 286 valence electrons. The van der Waals surface area contributed by atoms with E-state index in [4.69, 9.17) is 9.53 Å². The average Bonchev–Trinajstić information content (AvgIpc) is 3.12. The van der Waals surface area contributed by atoms with Crippen LogP contribution < -0.4 is 10.4 Å². The maximum absolute atomic E-state index is 10.8. The van der Waals surface area contributed by atoms with Crippen LogP contribution in [0.3, 0.4) is 0 Å². The van der Waals surface area contributed by atoms with Crippen molar-refractivity contribution < 1.29 is 14.3 Å². The summed E-state index contributed by atoms with van der Waals surface area (Å²) in [4.78, 5) is 13.4. The topological polar surface area (TPSA) is 49.8 Å². The first-order valence-electron chi connectivity index (χ1n) is 20.8. The molecule has 2 rings (SSSR count). The third-order valence-electron chi connectivity index (χ3n) is 10.2. The van der Waals surface area contributed by atoms with E-state index in [1.807, 2.05) is 0 Å². The zero-order valence-electron chi connectivity index (χ0n) is 33.3. The van der Waals surface area contributed by atoms with Crippen LogP contribution in [0.2, 0.25) is 5.04 Å². The number of rotatable bonds is 31. The number of unbranched alkanes of at least 4 members (excludes halogenated alkanes) is 15. The van der Waals surface area contributed by atoms with E-state index >= 15 is 0 Å². The summed E-state index contributed by atoms with van der Waals surface area (Å²) in [5.41, 5.74) is 0. The molecular formula is C46H75NO3Si. The lowest BCUT2D eigenvalue weighted by molar-refractivity contribution is -0.137. The molecule has 0 aliphatic carbocycles. The van der Waals surface area contributed by atoms with Gasteiger partial charge < -0.3 is 14.4 Å². The predicted octanol–water partition coefficient (Wildman–Crippen LogP) is 11.9. The largest absolute Gasteiger partial charge is 0.481 e. The van der Waals surface area contributed by atoms with Crippen LogP contribution in [0.15, 0.2) is 85.0 Å². The van der Waals surface area contributed by atoms with E-state index in [1.165, 1.54) is 107 Å². The molecule has 51 heavy (non-hydrogen) atoms. The van der Waals surface area contributed by atoms with Crippen molar-refractivity contribution in [3.63, 3.8) is 0 Å². The number of allylic oxidation sites excluding steroid dienone is 4. The Morgan fingerprint density at radius 2 is 1.08 bits per heavy atom. The van der Waals surface area contributed by atoms with Crippen molar-refractivity contribution >= 4 is 24.7 Å². The first kappa shape index (κ1) is 44.7. The van der Waals surface area contributed by atoms with Gasteiger partial charge in [-0.3, -0.25) is 4.79 Å². The molecule has 0 aromatic heterocycles. The van der Waals surface area contributed by atoms with Gasteiger partial charge in [0, 0.05) is 19.6 Å². The number of hydrogen-bond acceptors (Lipinski definition) is 3. The van der Waals surface area contributed by atoms with Crippen molar-refractivity contribution in [2.75, 3.05) is 26.2 Å². The molecule has 0 radical (unpaired) electrons. The zero-order valence-corrected chi connectivity index (χ0v) is 34.3. The summed E-state index contributed by atoms with van der Waals surface area (Å²) < 4.78 is 7.28. The van der Waals surface area contributed by atoms with Gasteiger partial charge in [-0.2, -0.15) is 0 Å². The second-order valence-electron chi connectivity index (χ2n) is 15.6. The fourth-order valence-electron chi connectivity index (χ4n) is 7.24. The zero-order chi connectivity index (χ0) is 36.9. The SMILES string of the molecule is CCCCC/C=C\C/C=C\CCCCCCCCN(CCCCCCCCCC(=O)O)CCO[Si](c1ccccc1)(c1ccccc1)C(C)(C)C. The van der Waals surface area contributed by atoms with E-state index in [0.29, 0.717) is 6.42 Å². The van der Waals surface area contributed by atoms with E-state index in [1.54, 1.807) is 0 Å². The Morgan fingerprint density at radius 3 is 1.55 bits per heavy atom. The number of carboxylic acids is 1. The van der Waals surface area contributed by atoms with E-state index in [-0.39, 0.29) is 5.04 Å². The smallest absolute Gasteiger partial charge is 0.303 e. The summed E-state index contributed by atoms with van der Waals surface area (Å²) in [6, 6.07) is 22.0. The highest BCUT2D eigenvalue weighted by molar-refractivity contribution is 6.99. The van der Waals surface area contributed by atoms with E-state index < -0.39 is 14.3 Å². The highest BCUT2D eigenvalue weighted by atomic mass is 28.4. The molecule has 0 heterocycles. The Morgan fingerprint density at radius 1 is 0.627 bits per heavy atom. The Balaban J connectivity index is 1.85. The lowest BCUT2D eigenvalue weighted by Crippen LogP contribution is -2.67. The molecule has 0 aliphatic rings. The fraction of sp³-hybridized carbons (Fsp3) is 0.630. The molecule has 5 heteroatoms. The second-order valence-corrected chi connectivity index (χ2v) is 19.9. The van der Waals surface area contributed by atoms with Crippen molar-refractivity contribution in [3.05, 3.63) is 85.0 Å². The Hall–Kier alpha value is -2.47. The number of carbonyl (C=O) groups is 1. The molecule has 0 atom stereocenters. The molecule has 0 bridgehead atoms. The molecule has 0 saturated carbocycles. The van der Waals surface area contributed by atoms with Gasteiger partial charge in [0.2, 0.25) is 0 Å². The van der Waals surface area contributed by atoms with E-state index in [2.05, 4.69) is 118 Å². The van der Waals surface area contributed by atoms with Crippen LogP contribution in [0.5, 0.6) is 0 Å². The maximum Gasteiger partial charge on any atom is 0.303 e. The first-order valence-corrected chi connectivity index (χ1v) is 22.7. The molecule has 0 unspecified atom stereocenters. The Labute approximate surface area is 315 Å². The monoisotopic (exact) mass is 718 g/mol. The van der Waals surface area contributed by atoms with Crippen molar-refractivity contribution in [2.45, 2.75) is 161 Å². The molecule has 1 N–H and O–H groups in total. The normalized spacial score (nSPS) is 12.5. The molecule has 0 aliphatic heterocycles. The lowest BCUT2D eigenvalue weighted by atomic mass is 10.1. The number of carboxylic acid groups (broad SMARTS) is 1. The molecule has 0 saturated heterocycles. The third-order valence-corrected chi connectivity index (χ3v) is 15.2. The van der Waals surface area contributed by atoms with Gasteiger partial charge in [0.05, 0.1) is 0 Å². The minimum absolute atomic E-state index is 0.00821. The predicted molar refractivity (Wildman–Crippen MR) is 224 cm³/mol. The van der Waals surface area contributed by atoms with Gasteiger partial charge in [-0.1, -0.05) is 183 Å². The van der Waals surface area contributed by atoms with Gasteiger partial charge in [-0.15, -0.1) is 0 Å². The van der Waals surface area contributed by atoms with Gasteiger partial charge in [0.25, 0.3) is 8.32 Å². The lowest BCUT2D eigenvalue weighted by Gasteiger charge is -2.43. The quantitative estimate of drug-likeness (QED) is 0.0479. The van der Waals surface area contributed by atoms with Gasteiger partial charge in [0.1, 0.15) is 0 Å². The third kappa shape index (κ3) is 19.3. The van der Waals surface area contributed by atoms with Crippen LogP contribution in [-0.2, 0) is 9.22 Å². The van der Waals surface area contributed by atoms with Gasteiger partial charge in [-0.25, -0.2) is 0 Å². The number of aliphatic carboxylic acids is 1. The van der Waals surface area contributed by atoms with Crippen molar-refractivity contribution in [2.24, 2.45) is 0 Å². The van der Waals surface area contributed by atoms with Crippen molar-refractivity contribution in [1.29, 1.82) is 0 Å². The molecule has 0 spiro atoms. The van der Waals surface area contributed by atoms with Crippen LogP contribution >= 0.6 is 0 Å². The Kier molecular flexibility index (Phi) is 24.6. The standard InChI is InChI=1S/C46H75NO3Si/c1-5-6-7-8-9-10-11-12-13-14-15-16-17-20-23-32-39-47(40-33-24-21-18-19-22-31-38-45(48)49)41-42-50-51(46(2,3)4,43-34-27-25-28-35-43)44-36-29-26-30-37-44/h9-10,12-13,25-30,34-37H,5-8,11,14-24,31-33,38-42H2,1-4H3,(H,48,49)/b10-9-,13-12-. The van der Waals surface area contributed by atoms with Crippen molar-refractivity contribution in [3.8, 4) is 0 Å². The summed E-state index contributed by atoms with van der Waals surface area (Å²) >= 11 is 0. The molecule has 0 fully saturated rings. The highest BCUT2D eigenvalue weighted by Gasteiger charge is 2.50. The summed E-state index contributed by atoms with van der Waals surface area (Å²) in [7, 11) is -2.53. The first-order chi connectivity index (χ1) is 24.8. The molecule has 2 aromatic rings. The molecular weight excluding hydrogens is 643 g/mol. The number of hydrogen-bond donors (Lipinski definition) is 1. The van der Waals surface area contributed by atoms with E-state index in [9.17, 15) is 4.79 Å². The minimum atomic E-state index is -2.53. The summed E-state index contributed by atoms with van der Waals surface area (Å²) in [6.07, 6.45) is 33.0. The maximum atomic E-state index is 10.8.